The van der Waals surface area contributed by atoms with Gasteiger partial charge in [0, 0.05) is 6.07 Å². The van der Waals surface area contributed by atoms with Crippen molar-refractivity contribution < 1.29 is 13.2 Å². The number of hydrogen-bond donors (Lipinski definition) is 1. The summed E-state index contributed by atoms with van der Waals surface area (Å²) in [6.45, 7) is 10.8. The Labute approximate surface area is 133 Å². The van der Waals surface area contributed by atoms with Crippen molar-refractivity contribution in [3.8, 4) is 0 Å². The highest BCUT2D eigenvalue weighted by molar-refractivity contribution is 7.93. The Morgan fingerprint density at radius 3 is 2.32 bits per heavy atom. The van der Waals surface area contributed by atoms with E-state index in [1.165, 1.54) is 6.92 Å². The lowest BCUT2D eigenvalue weighted by Gasteiger charge is -2.19. The fourth-order valence-electron chi connectivity index (χ4n) is 2.33. The molecule has 0 unspecified atom stereocenters. The number of carbonyl (C=O) groups is 1. The van der Waals surface area contributed by atoms with E-state index in [9.17, 15) is 13.2 Å². The van der Waals surface area contributed by atoms with Crippen LogP contribution in [0.15, 0.2) is 12.3 Å². The molecule has 0 radical (unpaired) electrons. The Bertz CT molecular complexity index is 605. The summed E-state index contributed by atoms with van der Waals surface area (Å²) in [7, 11) is -3.47. The van der Waals surface area contributed by atoms with Crippen LogP contribution in [0.3, 0.4) is 0 Å². The molecule has 22 heavy (non-hydrogen) atoms. The number of amides is 1. The van der Waals surface area contributed by atoms with Crippen LogP contribution in [-0.4, -0.2) is 34.6 Å². The van der Waals surface area contributed by atoms with Crippen LogP contribution in [0.5, 0.6) is 0 Å². The fraction of sp³-hybridized carbons (Fsp3) is 0.733. The van der Waals surface area contributed by atoms with Gasteiger partial charge in [-0.1, -0.05) is 13.8 Å². The maximum absolute atomic E-state index is 12.2. The van der Waals surface area contributed by atoms with Crippen molar-refractivity contribution in [2.24, 2.45) is 5.92 Å². The third kappa shape index (κ3) is 4.32. The van der Waals surface area contributed by atoms with E-state index >= 15 is 0 Å². The molecule has 0 fully saturated rings. The van der Waals surface area contributed by atoms with E-state index in [1.807, 2.05) is 6.92 Å². The van der Waals surface area contributed by atoms with Gasteiger partial charge in [0.2, 0.25) is 5.91 Å². The van der Waals surface area contributed by atoms with Crippen LogP contribution >= 0.6 is 0 Å². The molecule has 0 aromatic carbocycles. The topological polar surface area (TPSA) is 81.1 Å². The van der Waals surface area contributed by atoms with Crippen molar-refractivity contribution >= 4 is 21.6 Å². The van der Waals surface area contributed by atoms with Crippen molar-refractivity contribution in [3.05, 3.63) is 12.3 Å². The number of anilines is 1. The molecular formula is C15H27N3O3S. The van der Waals surface area contributed by atoms with E-state index in [2.05, 4.69) is 24.3 Å². The van der Waals surface area contributed by atoms with Gasteiger partial charge in [0.1, 0.15) is 11.1 Å². The third-order valence-electron chi connectivity index (χ3n) is 3.67. The molecule has 2 atom stereocenters. The minimum Gasteiger partial charge on any atom is -0.310 e. The van der Waals surface area contributed by atoms with Gasteiger partial charge in [0.15, 0.2) is 9.84 Å². The van der Waals surface area contributed by atoms with E-state index in [1.54, 1.807) is 30.8 Å². The minimum absolute atomic E-state index is 0.127. The van der Waals surface area contributed by atoms with Gasteiger partial charge >= 0.3 is 0 Å². The molecule has 1 N–H and O–H groups in total. The molecule has 1 heterocycles. The molecule has 7 heteroatoms. The monoisotopic (exact) mass is 329 g/mol. The van der Waals surface area contributed by atoms with Gasteiger partial charge in [-0.25, -0.2) is 13.1 Å². The molecular weight excluding hydrogens is 302 g/mol. The molecule has 126 valence electrons. The Balaban J connectivity index is 2.89. The van der Waals surface area contributed by atoms with Crippen LogP contribution in [0, 0.1) is 5.92 Å². The number of sulfone groups is 1. The Morgan fingerprint density at radius 1 is 1.23 bits per heavy atom. The number of nitrogens with zero attached hydrogens (tertiary/aromatic N) is 2. The first-order valence-corrected chi connectivity index (χ1v) is 9.25. The van der Waals surface area contributed by atoms with E-state index in [-0.39, 0.29) is 6.04 Å². The van der Waals surface area contributed by atoms with Crippen LogP contribution in [0.25, 0.3) is 0 Å². The van der Waals surface area contributed by atoms with Crippen molar-refractivity contribution in [2.45, 2.75) is 64.5 Å². The van der Waals surface area contributed by atoms with Crippen molar-refractivity contribution in [1.82, 2.24) is 9.78 Å². The van der Waals surface area contributed by atoms with Crippen LogP contribution < -0.4 is 5.32 Å². The van der Waals surface area contributed by atoms with E-state index in [4.69, 9.17) is 0 Å². The lowest BCUT2D eigenvalue weighted by atomic mass is 10.1. The summed E-state index contributed by atoms with van der Waals surface area (Å²) in [5.41, 5.74) is 0. The Hall–Kier alpha value is -1.37. The average molecular weight is 329 g/mol. The summed E-state index contributed by atoms with van der Waals surface area (Å²) in [5.74, 6) is 0.513. The molecule has 0 saturated heterocycles. The molecule has 0 spiro atoms. The second-order valence-electron chi connectivity index (χ2n) is 6.41. The highest BCUT2D eigenvalue weighted by Gasteiger charge is 2.31. The molecule has 1 amide bonds. The van der Waals surface area contributed by atoms with Crippen molar-refractivity contribution in [1.29, 1.82) is 0 Å². The van der Waals surface area contributed by atoms with Gasteiger partial charge in [-0.05, 0) is 40.0 Å². The van der Waals surface area contributed by atoms with E-state index < -0.39 is 26.2 Å². The summed E-state index contributed by atoms with van der Waals surface area (Å²) in [6, 6.07) is 1.81. The molecule has 0 aliphatic carbocycles. The molecule has 0 bridgehead atoms. The predicted molar refractivity (Wildman–Crippen MR) is 88.5 cm³/mol. The van der Waals surface area contributed by atoms with Gasteiger partial charge < -0.3 is 5.32 Å². The Kier molecular flexibility index (Phi) is 6.17. The van der Waals surface area contributed by atoms with E-state index in [0.717, 1.165) is 6.42 Å². The summed E-state index contributed by atoms with van der Waals surface area (Å²) in [6.07, 6.45) is 2.53. The molecule has 6 nitrogen and oxygen atoms in total. The summed E-state index contributed by atoms with van der Waals surface area (Å²) in [4.78, 5) is 12.2. The van der Waals surface area contributed by atoms with Gasteiger partial charge in [0.25, 0.3) is 0 Å². The number of nitrogens with one attached hydrogen (secondary N) is 1. The zero-order valence-electron chi connectivity index (χ0n) is 14.2. The predicted octanol–water partition coefficient (Wildman–Crippen LogP) is 2.64. The van der Waals surface area contributed by atoms with Gasteiger partial charge in [0.05, 0.1) is 17.5 Å². The van der Waals surface area contributed by atoms with Gasteiger partial charge in [-0.15, -0.1) is 0 Å². The number of rotatable bonds is 7. The smallest absolute Gasteiger partial charge is 0.243 e. The van der Waals surface area contributed by atoms with Crippen LogP contribution in [0.4, 0.5) is 5.82 Å². The van der Waals surface area contributed by atoms with Crippen molar-refractivity contribution in [3.63, 3.8) is 0 Å². The lowest BCUT2D eigenvalue weighted by Crippen LogP contribution is -2.37. The zero-order chi connectivity index (χ0) is 17.1. The maximum Gasteiger partial charge on any atom is 0.243 e. The largest absolute Gasteiger partial charge is 0.310 e. The van der Waals surface area contributed by atoms with E-state index in [0.29, 0.717) is 11.7 Å². The van der Waals surface area contributed by atoms with Crippen LogP contribution in [0.2, 0.25) is 0 Å². The fourth-order valence-corrected chi connectivity index (χ4v) is 3.51. The summed E-state index contributed by atoms with van der Waals surface area (Å²) < 4.78 is 25.9. The number of aromatic nitrogens is 2. The molecule has 1 aromatic heterocycles. The molecule has 0 aliphatic rings. The first-order chi connectivity index (χ1) is 10.1. The number of hydrogen-bond acceptors (Lipinski definition) is 4. The van der Waals surface area contributed by atoms with Gasteiger partial charge in [-0.3, -0.25) is 4.79 Å². The maximum atomic E-state index is 12.2. The SMILES string of the molecule is CC(C)C[C@@H](C)n1nccc1NC(=O)[C@H](C)S(=O)(=O)C(C)C. The van der Waals surface area contributed by atoms with Crippen molar-refractivity contribution in [2.75, 3.05) is 5.32 Å². The second kappa shape index (κ2) is 7.26. The number of carbonyl (C=O) groups excluding carboxylic acids is 1. The average Bonchev–Trinajstić information content (AvgIpc) is 2.84. The quantitative estimate of drug-likeness (QED) is 0.834. The first-order valence-electron chi connectivity index (χ1n) is 7.64. The molecule has 1 rings (SSSR count). The summed E-state index contributed by atoms with van der Waals surface area (Å²) in [5, 5.41) is 5.25. The lowest BCUT2D eigenvalue weighted by molar-refractivity contribution is -0.115. The van der Waals surface area contributed by atoms with Crippen LogP contribution in [-0.2, 0) is 14.6 Å². The minimum atomic E-state index is -3.47. The second-order valence-corrected chi connectivity index (χ2v) is 9.24. The van der Waals surface area contributed by atoms with Crippen LogP contribution in [0.1, 0.15) is 54.0 Å². The standard InChI is InChI=1S/C15H27N3O3S/c1-10(2)9-12(5)18-14(7-8-16-18)17-15(19)13(6)22(20,21)11(3)4/h7-8,10-13H,9H2,1-6H3,(H,17,19)/t12-,13+/m1/s1. The molecule has 0 aliphatic heterocycles. The molecule has 0 saturated carbocycles. The third-order valence-corrected chi connectivity index (χ3v) is 6.18. The highest BCUT2D eigenvalue weighted by atomic mass is 32.2. The summed E-state index contributed by atoms with van der Waals surface area (Å²) >= 11 is 0. The normalized spacial score (nSPS) is 15.1. The zero-order valence-corrected chi connectivity index (χ0v) is 15.0. The van der Waals surface area contributed by atoms with Gasteiger partial charge in [-0.2, -0.15) is 5.10 Å². The Morgan fingerprint density at radius 2 is 1.82 bits per heavy atom. The highest BCUT2D eigenvalue weighted by Crippen LogP contribution is 2.21. The molecule has 1 aromatic rings. The first kappa shape index (κ1) is 18.7.